The number of carbonyl (C=O) groups is 1. The van der Waals surface area contributed by atoms with E-state index in [4.69, 9.17) is 13.9 Å². The molecule has 0 aliphatic heterocycles. The number of rotatable bonds is 9. The van der Waals surface area contributed by atoms with E-state index in [9.17, 15) is 9.59 Å². The number of anilines is 1. The van der Waals surface area contributed by atoms with Crippen LogP contribution in [-0.4, -0.2) is 19.3 Å². The maximum Gasteiger partial charge on any atom is 0.411 e. The minimum atomic E-state index is -0.516. The van der Waals surface area contributed by atoms with Gasteiger partial charge in [-0.3, -0.25) is 5.32 Å². The van der Waals surface area contributed by atoms with Gasteiger partial charge < -0.3 is 13.9 Å². The number of aryl methyl sites for hydroxylation is 2. The maximum absolute atomic E-state index is 12.2. The molecule has 1 amide bonds. The summed E-state index contributed by atoms with van der Waals surface area (Å²) in [6, 6.07) is 1.76. The van der Waals surface area contributed by atoms with Gasteiger partial charge in [0.2, 0.25) is 0 Å². The van der Waals surface area contributed by atoms with Crippen molar-refractivity contribution in [2.75, 3.05) is 18.5 Å². The molecule has 1 aromatic carbocycles. The van der Waals surface area contributed by atoms with Crippen LogP contribution < -0.4 is 15.7 Å². The van der Waals surface area contributed by atoms with E-state index in [1.54, 1.807) is 13.0 Å². The molecule has 1 heterocycles. The van der Waals surface area contributed by atoms with Crippen LogP contribution in [0.2, 0.25) is 0 Å². The van der Waals surface area contributed by atoms with Crippen molar-refractivity contribution in [3.8, 4) is 5.75 Å². The first-order valence-corrected chi connectivity index (χ1v) is 10.0. The number of amides is 1. The van der Waals surface area contributed by atoms with Crippen LogP contribution >= 0.6 is 0 Å². The van der Waals surface area contributed by atoms with Gasteiger partial charge in [0, 0.05) is 5.56 Å². The fourth-order valence-electron chi connectivity index (χ4n) is 2.99. The second-order valence-electron chi connectivity index (χ2n) is 7.08. The number of hydrogen-bond donors (Lipinski definition) is 1. The molecule has 6 nitrogen and oxygen atoms in total. The molecule has 0 bridgehead atoms. The summed E-state index contributed by atoms with van der Waals surface area (Å²) in [6.45, 7) is 10.5. The number of unbranched alkanes of at least 4 members (excludes halogenated alkanes) is 3. The topological polar surface area (TPSA) is 77.8 Å². The first kappa shape index (κ1) is 21.8. The van der Waals surface area contributed by atoms with Gasteiger partial charge in [-0.25, -0.2) is 9.59 Å². The summed E-state index contributed by atoms with van der Waals surface area (Å²) in [5.41, 5.74) is 2.74. The predicted octanol–water partition coefficient (Wildman–Crippen LogP) is 5.64. The molecule has 6 heteroatoms. The van der Waals surface area contributed by atoms with E-state index in [1.807, 2.05) is 20.8 Å². The molecule has 0 atom stereocenters. The highest BCUT2D eigenvalue weighted by molar-refractivity contribution is 5.99. The monoisotopic (exact) mass is 389 g/mol. The van der Waals surface area contributed by atoms with Gasteiger partial charge in [0.1, 0.15) is 5.58 Å². The van der Waals surface area contributed by atoms with Crippen molar-refractivity contribution in [2.24, 2.45) is 0 Å². The van der Waals surface area contributed by atoms with E-state index in [0.29, 0.717) is 35.8 Å². The van der Waals surface area contributed by atoms with Crippen LogP contribution in [0, 0.1) is 20.8 Å². The molecule has 0 spiro atoms. The Balaban J connectivity index is 2.48. The highest BCUT2D eigenvalue weighted by atomic mass is 16.5. The summed E-state index contributed by atoms with van der Waals surface area (Å²) in [4.78, 5) is 24.3. The maximum atomic E-state index is 12.2. The molecule has 0 radical (unpaired) electrons. The van der Waals surface area contributed by atoms with Gasteiger partial charge in [-0.05, 0) is 50.8 Å². The molecule has 1 N–H and O–H groups in total. The SMILES string of the molecule is CCCCCOc1c(NC(=O)OCCCC)cc(C)c2oc(=O)c(C)c(C)c12. The van der Waals surface area contributed by atoms with Gasteiger partial charge >= 0.3 is 11.7 Å². The number of benzene rings is 1. The lowest BCUT2D eigenvalue weighted by Crippen LogP contribution is -2.16. The zero-order valence-electron chi connectivity index (χ0n) is 17.6. The molecule has 0 fully saturated rings. The second kappa shape index (κ2) is 10.2. The summed E-state index contributed by atoms with van der Waals surface area (Å²) in [6.07, 6.45) is 4.29. The zero-order chi connectivity index (χ0) is 20.7. The molecule has 0 aliphatic carbocycles. The highest BCUT2D eigenvalue weighted by Gasteiger charge is 2.20. The normalized spacial score (nSPS) is 10.9. The molecule has 28 heavy (non-hydrogen) atoms. The number of ether oxygens (including phenoxy) is 2. The van der Waals surface area contributed by atoms with Gasteiger partial charge in [-0.2, -0.15) is 0 Å². The van der Waals surface area contributed by atoms with Crippen molar-refractivity contribution in [3.05, 3.63) is 33.2 Å². The minimum absolute atomic E-state index is 0.357. The van der Waals surface area contributed by atoms with E-state index in [2.05, 4.69) is 12.2 Å². The van der Waals surface area contributed by atoms with Crippen molar-refractivity contribution in [2.45, 2.75) is 66.7 Å². The summed E-state index contributed by atoms with van der Waals surface area (Å²) in [5, 5.41) is 3.52. The predicted molar refractivity (Wildman–Crippen MR) is 112 cm³/mol. The molecule has 2 rings (SSSR count). The van der Waals surface area contributed by atoms with Crippen molar-refractivity contribution in [3.63, 3.8) is 0 Å². The molecule has 0 saturated heterocycles. The van der Waals surface area contributed by atoms with Crippen molar-refractivity contribution >= 4 is 22.7 Å². The number of fused-ring (bicyclic) bond motifs is 1. The largest absolute Gasteiger partial charge is 0.491 e. The number of carbonyl (C=O) groups excluding carboxylic acids is 1. The lowest BCUT2D eigenvalue weighted by atomic mass is 10.0. The summed E-state index contributed by atoms with van der Waals surface area (Å²) in [7, 11) is 0. The Morgan fingerprint density at radius 2 is 1.75 bits per heavy atom. The first-order valence-electron chi connectivity index (χ1n) is 10.0. The Labute approximate surface area is 166 Å². The Bertz CT molecular complexity index is 885. The third-order valence-electron chi connectivity index (χ3n) is 4.82. The smallest absolute Gasteiger partial charge is 0.411 e. The highest BCUT2D eigenvalue weighted by Crippen LogP contribution is 2.38. The van der Waals surface area contributed by atoms with Gasteiger partial charge in [0.25, 0.3) is 0 Å². The molecular weight excluding hydrogens is 358 g/mol. The standard InChI is InChI=1S/C22H31NO5/c1-6-8-10-12-26-20-17(23-22(25)27-11-9-7-2)13-14(3)19-18(20)15(4)16(5)21(24)28-19/h13H,6-12H2,1-5H3,(H,23,25). The average Bonchev–Trinajstić information content (AvgIpc) is 2.66. The van der Waals surface area contributed by atoms with E-state index in [-0.39, 0.29) is 5.63 Å². The fourth-order valence-corrected chi connectivity index (χ4v) is 2.99. The Morgan fingerprint density at radius 1 is 1.04 bits per heavy atom. The zero-order valence-corrected chi connectivity index (χ0v) is 17.6. The molecule has 0 aliphatic rings. The van der Waals surface area contributed by atoms with Crippen molar-refractivity contribution in [1.82, 2.24) is 0 Å². The van der Waals surface area contributed by atoms with E-state index >= 15 is 0 Å². The second-order valence-corrected chi connectivity index (χ2v) is 7.08. The van der Waals surface area contributed by atoms with Crippen LogP contribution in [0.4, 0.5) is 10.5 Å². The summed E-state index contributed by atoms with van der Waals surface area (Å²) < 4.78 is 16.8. The molecule has 0 unspecified atom stereocenters. The Morgan fingerprint density at radius 3 is 2.43 bits per heavy atom. The van der Waals surface area contributed by atoms with Gasteiger partial charge in [-0.15, -0.1) is 0 Å². The fraction of sp³-hybridized carbons (Fsp3) is 0.545. The summed E-state index contributed by atoms with van der Waals surface area (Å²) >= 11 is 0. The molecule has 0 saturated carbocycles. The lowest BCUT2D eigenvalue weighted by molar-refractivity contribution is 0.159. The number of hydrogen-bond acceptors (Lipinski definition) is 5. The van der Waals surface area contributed by atoms with Crippen LogP contribution in [0.5, 0.6) is 5.75 Å². The van der Waals surface area contributed by atoms with Crippen LogP contribution in [0.1, 0.15) is 62.6 Å². The van der Waals surface area contributed by atoms with Crippen LogP contribution in [0.15, 0.2) is 15.3 Å². The van der Waals surface area contributed by atoms with Gasteiger partial charge in [0.15, 0.2) is 5.75 Å². The lowest BCUT2D eigenvalue weighted by Gasteiger charge is -2.18. The Hall–Kier alpha value is -2.50. The number of nitrogens with one attached hydrogen (secondary N) is 1. The quantitative estimate of drug-likeness (QED) is 0.444. The Kier molecular flexibility index (Phi) is 7.91. The van der Waals surface area contributed by atoms with Crippen LogP contribution in [-0.2, 0) is 4.74 Å². The molecule has 1 aromatic heterocycles. The minimum Gasteiger partial charge on any atom is -0.491 e. The van der Waals surface area contributed by atoms with Crippen LogP contribution in [0.3, 0.4) is 0 Å². The third-order valence-corrected chi connectivity index (χ3v) is 4.82. The molecular formula is C22H31NO5. The molecule has 154 valence electrons. The van der Waals surface area contributed by atoms with Gasteiger partial charge in [-0.1, -0.05) is 33.1 Å². The van der Waals surface area contributed by atoms with E-state index < -0.39 is 6.09 Å². The van der Waals surface area contributed by atoms with Crippen molar-refractivity contribution < 1.29 is 18.7 Å². The van der Waals surface area contributed by atoms with E-state index in [0.717, 1.165) is 48.6 Å². The third kappa shape index (κ3) is 5.06. The van der Waals surface area contributed by atoms with E-state index in [1.165, 1.54) is 0 Å². The first-order chi connectivity index (χ1) is 13.4. The van der Waals surface area contributed by atoms with Crippen molar-refractivity contribution in [1.29, 1.82) is 0 Å². The summed E-state index contributed by atoms with van der Waals surface area (Å²) in [5.74, 6) is 0.522. The van der Waals surface area contributed by atoms with Gasteiger partial charge in [0.05, 0.1) is 24.3 Å². The molecule has 2 aromatic rings. The van der Waals surface area contributed by atoms with Crippen LogP contribution in [0.25, 0.3) is 11.0 Å². The average molecular weight is 389 g/mol.